The molecule has 0 aromatic heterocycles. The van der Waals surface area contributed by atoms with Gasteiger partial charge in [0, 0.05) is 6.54 Å². The van der Waals surface area contributed by atoms with Gasteiger partial charge in [0.15, 0.2) is 4.87 Å². The second kappa shape index (κ2) is 5.69. The molecule has 0 fully saturated rings. The maximum Gasteiger partial charge on any atom is 0.327 e. The Labute approximate surface area is 111 Å². The fourth-order valence-electron chi connectivity index (χ4n) is 1.20. The lowest BCUT2D eigenvalue weighted by atomic mass is 10.2. The number of rotatable bonds is 5. The lowest BCUT2D eigenvalue weighted by Crippen LogP contribution is -2.43. The van der Waals surface area contributed by atoms with Crippen LogP contribution in [0, 0.1) is 0 Å². The summed E-state index contributed by atoms with van der Waals surface area (Å²) in [6.45, 7) is 1.13. The van der Waals surface area contributed by atoms with E-state index in [0.717, 1.165) is 0 Å². The van der Waals surface area contributed by atoms with Crippen molar-refractivity contribution in [3.8, 4) is 0 Å². The third-order valence-electron chi connectivity index (χ3n) is 2.26. The minimum absolute atomic E-state index is 0.113. The Morgan fingerprint density at radius 1 is 1.39 bits per heavy atom. The molecule has 0 aliphatic heterocycles. The van der Waals surface area contributed by atoms with E-state index in [9.17, 15) is 13.2 Å². The van der Waals surface area contributed by atoms with Gasteiger partial charge < -0.3 is 4.74 Å². The van der Waals surface area contributed by atoms with Gasteiger partial charge in [-0.25, -0.2) is 13.1 Å². The van der Waals surface area contributed by atoms with Gasteiger partial charge in [0.1, 0.15) is 0 Å². The lowest BCUT2D eigenvalue weighted by molar-refractivity contribution is -0.143. The number of hydrogen-bond donors (Lipinski definition) is 1. The van der Waals surface area contributed by atoms with Crippen LogP contribution in [-0.4, -0.2) is 32.9 Å². The summed E-state index contributed by atoms with van der Waals surface area (Å²) in [7, 11) is -2.49. The average molecular weight is 292 g/mol. The van der Waals surface area contributed by atoms with Gasteiger partial charge in [-0.15, -0.1) is 11.6 Å². The molecule has 0 radical (unpaired) electrons. The van der Waals surface area contributed by atoms with Crippen LogP contribution >= 0.6 is 11.6 Å². The van der Waals surface area contributed by atoms with Crippen LogP contribution in [-0.2, 0) is 19.6 Å². The SMILES string of the molecule is COC(=O)C(C)(Cl)CNS(=O)(=O)c1ccccc1. The van der Waals surface area contributed by atoms with Crippen molar-refractivity contribution < 1.29 is 17.9 Å². The third-order valence-corrected chi connectivity index (χ3v) is 3.96. The zero-order valence-electron chi connectivity index (χ0n) is 10.0. The van der Waals surface area contributed by atoms with Gasteiger partial charge in [-0.1, -0.05) is 18.2 Å². The molecule has 18 heavy (non-hydrogen) atoms. The van der Waals surface area contributed by atoms with Gasteiger partial charge in [0.25, 0.3) is 0 Å². The topological polar surface area (TPSA) is 72.5 Å². The van der Waals surface area contributed by atoms with E-state index in [4.69, 9.17) is 11.6 Å². The molecule has 0 spiro atoms. The first kappa shape index (κ1) is 14.9. The highest BCUT2D eigenvalue weighted by molar-refractivity contribution is 7.89. The minimum Gasteiger partial charge on any atom is -0.468 e. The van der Waals surface area contributed by atoms with Crippen molar-refractivity contribution in [1.82, 2.24) is 4.72 Å². The molecule has 1 aromatic rings. The quantitative estimate of drug-likeness (QED) is 0.652. The number of esters is 1. The molecule has 0 saturated carbocycles. The molecule has 7 heteroatoms. The van der Waals surface area contributed by atoms with Crippen LogP contribution in [0.3, 0.4) is 0 Å². The van der Waals surface area contributed by atoms with Crippen molar-refractivity contribution >= 4 is 27.6 Å². The summed E-state index contributed by atoms with van der Waals surface area (Å²) in [5, 5.41) is 0. The molecule has 0 aliphatic rings. The molecule has 0 saturated heterocycles. The zero-order chi connectivity index (χ0) is 13.8. The summed E-state index contributed by atoms with van der Waals surface area (Å²) >= 11 is 5.88. The van der Waals surface area contributed by atoms with E-state index in [2.05, 4.69) is 9.46 Å². The Morgan fingerprint density at radius 3 is 2.44 bits per heavy atom. The number of carbonyl (C=O) groups excluding carboxylic acids is 1. The van der Waals surface area contributed by atoms with E-state index in [1.54, 1.807) is 18.2 Å². The standard InChI is InChI=1S/C11H14ClNO4S/c1-11(12,10(14)17-2)8-13-18(15,16)9-6-4-3-5-7-9/h3-7,13H,8H2,1-2H3. The summed E-state index contributed by atoms with van der Waals surface area (Å²) in [4.78, 5) is 9.98. The number of carbonyl (C=O) groups is 1. The molecule has 0 heterocycles. The molecule has 1 N–H and O–H groups in total. The summed E-state index contributed by atoms with van der Waals surface area (Å²) in [6, 6.07) is 7.82. The fourth-order valence-corrected chi connectivity index (χ4v) is 2.58. The van der Waals surface area contributed by atoms with Gasteiger partial charge in [0.05, 0.1) is 12.0 Å². The second-order valence-electron chi connectivity index (χ2n) is 3.83. The number of alkyl halides is 1. The molecule has 0 bridgehead atoms. The molecule has 1 atom stereocenters. The van der Waals surface area contributed by atoms with Crippen LogP contribution in [0.25, 0.3) is 0 Å². The molecule has 100 valence electrons. The Kier molecular flexibility index (Phi) is 4.72. The van der Waals surface area contributed by atoms with Gasteiger partial charge in [-0.3, -0.25) is 4.79 Å². The maximum absolute atomic E-state index is 11.9. The number of methoxy groups -OCH3 is 1. The number of nitrogens with one attached hydrogen (secondary N) is 1. The van der Waals surface area contributed by atoms with Crippen molar-refractivity contribution in [3.63, 3.8) is 0 Å². The zero-order valence-corrected chi connectivity index (χ0v) is 11.6. The van der Waals surface area contributed by atoms with Gasteiger partial charge in [-0.05, 0) is 19.1 Å². The predicted molar refractivity (Wildman–Crippen MR) is 67.9 cm³/mol. The smallest absolute Gasteiger partial charge is 0.327 e. The molecule has 1 aromatic carbocycles. The van der Waals surface area contributed by atoms with E-state index in [1.165, 1.54) is 26.2 Å². The van der Waals surface area contributed by atoms with Crippen LogP contribution in [0.5, 0.6) is 0 Å². The van der Waals surface area contributed by atoms with Crippen LogP contribution in [0.15, 0.2) is 35.2 Å². The molecular weight excluding hydrogens is 278 g/mol. The number of hydrogen-bond acceptors (Lipinski definition) is 4. The Hall–Kier alpha value is -1.11. The van der Waals surface area contributed by atoms with Crippen LogP contribution < -0.4 is 4.72 Å². The minimum atomic E-state index is -3.68. The molecule has 1 rings (SSSR count). The largest absolute Gasteiger partial charge is 0.468 e. The molecule has 0 aliphatic carbocycles. The summed E-state index contributed by atoms with van der Waals surface area (Å²) in [5.74, 6) is -0.695. The molecule has 0 amide bonds. The fraction of sp³-hybridized carbons (Fsp3) is 0.364. The first-order valence-electron chi connectivity index (χ1n) is 5.11. The van der Waals surface area contributed by atoms with Crippen molar-refractivity contribution in [2.75, 3.05) is 13.7 Å². The Balaban J connectivity index is 2.78. The lowest BCUT2D eigenvalue weighted by Gasteiger charge is -2.19. The highest BCUT2D eigenvalue weighted by Crippen LogP contribution is 2.16. The Morgan fingerprint density at radius 2 is 1.94 bits per heavy atom. The summed E-state index contributed by atoms with van der Waals surface area (Å²) < 4.78 is 30.5. The molecular formula is C11H14ClNO4S. The van der Waals surface area contributed by atoms with Crippen molar-refractivity contribution in [1.29, 1.82) is 0 Å². The van der Waals surface area contributed by atoms with E-state index in [0.29, 0.717) is 0 Å². The highest BCUT2D eigenvalue weighted by atomic mass is 35.5. The van der Waals surface area contributed by atoms with E-state index < -0.39 is 20.9 Å². The van der Waals surface area contributed by atoms with Crippen molar-refractivity contribution in [2.24, 2.45) is 0 Å². The number of benzene rings is 1. The van der Waals surface area contributed by atoms with Crippen LogP contribution in [0.1, 0.15) is 6.92 Å². The average Bonchev–Trinajstić information content (AvgIpc) is 2.36. The van der Waals surface area contributed by atoms with E-state index >= 15 is 0 Å². The first-order chi connectivity index (χ1) is 8.29. The van der Waals surface area contributed by atoms with Gasteiger partial charge in [0.2, 0.25) is 10.0 Å². The van der Waals surface area contributed by atoms with Crippen LogP contribution in [0.2, 0.25) is 0 Å². The summed E-state index contributed by atoms with van der Waals surface area (Å²) in [5.41, 5.74) is 0. The van der Waals surface area contributed by atoms with Crippen molar-refractivity contribution in [2.45, 2.75) is 16.7 Å². The molecule has 5 nitrogen and oxygen atoms in total. The molecule has 1 unspecified atom stereocenters. The predicted octanol–water partition coefficient (Wildman–Crippen LogP) is 1.14. The normalized spacial score (nSPS) is 14.8. The highest BCUT2D eigenvalue weighted by Gasteiger charge is 2.33. The Bertz CT molecular complexity index is 513. The van der Waals surface area contributed by atoms with Crippen LogP contribution in [0.4, 0.5) is 0 Å². The second-order valence-corrected chi connectivity index (χ2v) is 6.43. The van der Waals surface area contributed by atoms with Crippen molar-refractivity contribution in [3.05, 3.63) is 30.3 Å². The maximum atomic E-state index is 11.9. The number of sulfonamides is 1. The van der Waals surface area contributed by atoms with Gasteiger partial charge >= 0.3 is 5.97 Å². The monoisotopic (exact) mass is 291 g/mol. The van der Waals surface area contributed by atoms with E-state index in [1.807, 2.05) is 0 Å². The number of halogens is 1. The third kappa shape index (κ3) is 3.69. The van der Waals surface area contributed by atoms with Gasteiger partial charge in [-0.2, -0.15) is 0 Å². The number of ether oxygens (including phenoxy) is 1. The first-order valence-corrected chi connectivity index (χ1v) is 6.98. The summed E-state index contributed by atoms with van der Waals surface area (Å²) in [6.07, 6.45) is 0. The van der Waals surface area contributed by atoms with E-state index in [-0.39, 0.29) is 11.4 Å².